The van der Waals surface area contributed by atoms with Crippen molar-refractivity contribution in [1.29, 1.82) is 0 Å². The van der Waals surface area contributed by atoms with Gasteiger partial charge in [0.15, 0.2) is 10.6 Å². The van der Waals surface area contributed by atoms with Crippen LogP contribution >= 0.6 is 34.9 Å². The molecule has 0 spiro atoms. The lowest BCUT2D eigenvalue weighted by Crippen LogP contribution is -2.71. The van der Waals surface area contributed by atoms with Gasteiger partial charge in [0.1, 0.15) is 17.1 Å². The Hall–Kier alpha value is -3.24. The minimum Gasteiger partial charge on any atom is -0.477 e. The molecule has 3 unspecified atom stereocenters. The molecule has 2 fully saturated rings. The lowest BCUT2D eigenvalue weighted by Gasteiger charge is -2.49. The molecule has 4 heterocycles. The van der Waals surface area contributed by atoms with Crippen LogP contribution in [0.2, 0.25) is 0 Å². The van der Waals surface area contributed by atoms with Gasteiger partial charge >= 0.3 is 5.97 Å². The SMILES string of the molecule is NC1=NC(C(C(=O)NC2C(=O)N3C(C(=O)O)=C(C=CSc4cc(=O)c5ccccc5s4)CS[C@H]23)C2CCCC2)=CS1=NO. The Kier molecular flexibility index (Phi) is 8.60. The number of hydrogen-bond acceptors (Lipinski definition) is 10. The maximum absolute atomic E-state index is 13.6. The summed E-state index contributed by atoms with van der Waals surface area (Å²) < 4.78 is 4.88. The van der Waals surface area contributed by atoms with Gasteiger partial charge in [-0.1, -0.05) is 36.7 Å². The molecule has 1 aromatic carbocycles. The highest BCUT2D eigenvalue weighted by atomic mass is 32.2. The minimum absolute atomic E-state index is 0.0141. The zero-order valence-corrected chi connectivity index (χ0v) is 25.8. The number of nitrogens with zero attached hydrogens (tertiary/aromatic N) is 3. The molecule has 43 heavy (non-hydrogen) atoms. The maximum Gasteiger partial charge on any atom is 0.352 e. The van der Waals surface area contributed by atoms with E-state index in [2.05, 4.69) is 14.8 Å². The summed E-state index contributed by atoms with van der Waals surface area (Å²) in [6.07, 6.45) is 5.28. The smallest absolute Gasteiger partial charge is 0.352 e. The number of benzene rings is 1. The molecule has 0 radical (unpaired) electrons. The fourth-order valence-electron chi connectivity index (χ4n) is 5.80. The van der Waals surface area contributed by atoms with Crippen LogP contribution in [0.25, 0.3) is 10.1 Å². The van der Waals surface area contributed by atoms with Gasteiger partial charge < -0.3 is 16.2 Å². The summed E-state index contributed by atoms with van der Waals surface area (Å²) >= 11 is 4.16. The third-order valence-corrected chi connectivity index (χ3v) is 12.3. The number of carboxylic acid groups (broad SMARTS) is 1. The van der Waals surface area contributed by atoms with Crippen molar-refractivity contribution in [1.82, 2.24) is 10.2 Å². The van der Waals surface area contributed by atoms with E-state index in [4.69, 9.17) is 5.73 Å². The van der Waals surface area contributed by atoms with Crippen LogP contribution in [0.3, 0.4) is 0 Å². The van der Waals surface area contributed by atoms with Gasteiger partial charge in [-0.3, -0.25) is 24.5 Å². The Morgan fingerprint density at radius 3 is 2.74 bits per heavy atom. The molecule has 1 aliphatic carbocycles. The van der Waals surface area contributed by atoms with Crippen LogP contribution in [0.1, 0.15) is 25.7 Å². The quantitative estimate of drug-likeness (QED) is 0.187. The number of nitrogens with one attached hydrogen (secondary N) is 1. The lowest BCUT2D eigenvalue weighted by atomic mass is 9.87. The number of allylic oxidation sites excluding steroid dienone is 1. The largest absolute Gasteiger partial charge is 0.477 e. The fourth-order valence-corrected chi connectivity index (χ4v) is 9.98. The van der Waals surface area contributed by atoms with E-state index in [1.165, 1.54) is 39.8 Å². The highest BCUT2D eigenvalue weighted by Gasteiger charge is 2.54. The first-order valence-corrected chi connectivity index (χ1v) is 17.5. The molecule has 2 amide bonds. The molecule has 1 saturated heterocycles. The fraction of sp³-hybridized carbons (Fsp3) is 0.321. The van der Waals surface area contributed by atoms with Crippen molar-refractivity contribution < 1.29 is 24.7 Å². The standard InChI is InChI=1S/C28H27N5O6S4/c29-28-30-17(13-43(28)32-39)21(14-5-1-2-6-14)24(35)31-22-25(36)33-23(27(37)38)15(12-41-26(22)33)9-10-40-20-11-18(34)16-7-3-4-8-19(16)42-20/h3-4,7-11,13-14,21-22,26,39H,1-2,5-6,12H2,(H2,29,30)(H,31,35)(H,37,38)/t21?,22?,26-,43?/m1/s1. The van der Waals surface area contributed by atoms with Crippen LogP contribution in [-0.2, 0) is 25.1 Å². The van der Waals surface area contributed by atoms with Crippen molar-refractivity contribution in [2.75, 3.05) is 5.75 Å². The number of thioether (sulfide) groups is 2. The average molecular weight is 658 g/mol. The first kappa shape index (κ1) is 29.8. The molecule has 224 valence electrons. The van der Waals surface area contributed by atoms with Gasteiger partial charge in [-0.2, -0.15) is 0 Å². The number of fused-ring (bicyclic) bond motifs is 2. The van der Waals surface area contributed by atoms with Crippen LogP contribution in [0.4, 0.5) is 0 Å². The van der Waals surface area contributed by atoms with Crippen LogP contribution in [0.5, 0.6) is 0 Å². The van der Waals surface area contributed by atoms with Crippen molar-refractivity contribution in [2.45, 2.75) is 41.3 Å². The van der Waals surface area contributed by atoms with Crippen molar-refractivity contribution in [3.8, 4) is 0 Å². The Bertz CT molecular complexity index is 1740. The molecule has 0 bridgehead atoms. The number of amidine groups is 1. The molecule has 6 rings (SSSR count). The summed E-state index contributed by atoms with van der Waals surface area (Å²) in [7, 11) is -1.10. The van der Waals surface area contributed by atoms with E-state index in [9.17, 15) is 29.5 Å². The van der Waals surface area contributed by atoms with Gasteiger partial charge in [-0.15, -0.1) is 27.6 Å². The number of rotatable bonds is 8. The van der Waals surface area contributed by atoms with Gasteiger partial charge in [0.25, 0.3) is 5.91 Å². The number of carbonyl (C=O) groups is 3. The van der Waals surface area contributed by atoms with Gasteiger partial charge in [-0.05, 0) is 47.9 Å². The van der Waals surface area contributed by atoms with E-state index >= 15 is 0 Å². The third kappa shape index (κ3) is 5.71. The van der Waals surface area contributed by atoms with E-state index in [-0.39, 0.29) is 28.1 Å². The number of hydrogen-bond donors (Lipinski definition) is 4. The zero-order valence-electron chi connectivity index (χ0n) is 22.5. The summed E-state index contributed by atoms with van der Waals surface area (Å²) in [5, 5.41) is 25.7. The average Bonchev–Trinajstić information content (AvgIpc) is 3.65. The van der Waals surface area contributed by atoms with Crippen LogP contribution < -0.4 is 16.5 Å². The molecular weight excluding hydrogens is 631 g/mol. The van der Waals surface area contributed by atoms with Crippen molar-refractivity contribution in [3.05, 3.63) is 74.4 Å². The topological polar surface area (TPSA) is 175 Å². The molecule has 4 atom stereocenters. The Morgan fingerprint density at radius 2 is 2.02 bits per heavy atom. The first-order valence-electron chi connectivity index (χ1n) is 13.5. The number of carbonyl (C=O) groups excluding carboxylic acids is 2. The summed E-state index contributed by atoms with van der Waals surface area (Å²) in [5.41, 5.74) is 6.62. The van der Waals surface area contributed by atoms with Crippen molar-refractivity contribution in [3.63, 3.8) is 0 Å². The molecule has 1 aromatic heterocycles. The molecule has 5 N–H and O–H groups in total. The van der Waals surface area contributed by atoms with Gasteiger partial charge in [0.2, 0.25) is 5.91 Å². The van der Waals surface area contributed by atoms with Crippen LogP contribution in [0.15, 0.2) is 82.7 Å². The lowest BCUT2D eigenvalue weighted by molar-refractivity contribution is -0.151. The summed E-state index contributed by atoms with van der Waals surface area (Å²) in [6.45, 7) is 0. The van der Waals surface area contributed by atoms with E-state index in [1.807, 2.05) is 18.2 Å². The number of aliphatic imine (C=N–C) groups is 1. The maximum atomic E-state index is 13.6. The van der Waals surface area contributed by atoms with Crippen molar-refractivity contribution in [2.24, 2.45) is 27.1 Å². The monoisotopic (exact) mass is 657 g/mol. The summed E-state index contributed by atoms with van der Waals surface area (Å²) in [6, 6.07) is 8.04. The molecule has 11 nitrogen and oxygen atoms in total. The van der Waals surface area contributed by atoms with Crippen molar-refractivity contribution >= 4 is 78.6 Å². The number of amides is 2. The van der Waals surface area contributed by atoms with Gasteiger partial charge in [0, 0.05) is 38.0 Å². The molecule has 2 aromatic rings. The zero-order chi connectivity index (χ0) is 30.2. The van der Waals surface area contributed by atoms with E-state index in [0.29, 0.717) is 22.4 Å². The minimum atomic E-state index is -1.23. The van der Waals surface area contributed by atoms with Gasteiger partial charge in [0.05, 0.1) is 15.8 Å². The number of β-lactam (4-membered cyclic amide) rings is 1. The highest BCUT2D eigenvalue weighted by molar-refractivity contribution is 8.05. The molecule has 4 aliphatic rings. The first-order chi connectivity index (χ1) is 20.8. The molecule has 15 heteroatoms. The predicted molar refractivity (Wildman–Crippen MR) is 170 cm³/mol. The Balaban J connectivity index is 1.18. The van der Waals surface area contributed by atoms with Crippen LogP contribution in [0, 0.1) is 11.8 Å². The number of aliphatic carboxylic acids is 1. The second-order valence-corrected chi connectivity index (χ2v) is 15.2. The summed E-state index contributed by atoms with van der Waals surface area (Å²) in [4.78, 5) is 57.2. The van der Waals surface area contributed by atoms with E-state index < -0.39 is 39.9 Å². The third-order valence-electron chi connectivity index (χ3n) is 7.81. The number of carboxylic acids is 1. The summed E-state index contributed by atoms with van der Waals surface area (Å²) in [5.74, 6) is -2.39. The van der Waals surface area contributed by atoms with Gasteiger partial charge in [-0.25, -0.2) is 9.79 Å². The Labute approximate surface area is 261 Å². The predicted octanol–water partition coefficient (Wildman–Crippen LogP) is 3.77. The second kappa shape index (κ2) is 12.4. The Morgan fingerprint density at radius 1 is 1.26 bits per heavy atom. The molecule has 3 aliphatic heterocycles. The van der Waals surface area contributed by atoms with Crippen LogP contribution in [-0.4, -0.2) is 55.3 Å². The molecule has 1 saturated carbocycles. The molecular formula is C28H27N5O6S4. The van der Waals surface area contributed by atoms with E-state index in [0.717, 1.165) is 34.6 Å². The highest BCUT2D eigenvalue weighted by Crippen LogP contribution is 2.42. The normalized spacial score (nSPS) is 24.7. The second-order valence-electron chi connectivity index (χ2n) is 10.3. The number of nitrogens with two attached hydrogens (primary N) is 1. The van der Waals surface area contributed by atoms with E-state index in [1.54, 1.807) is 29.0 Å².